The van der Waals surface area contributed by atoms with Gasteiger partial charge in [0.05, 0.1) is 13.0 Å². The molecular formula is C18H25N3O4. The molecule has 0 spiro atoms. The summed E-state index contributed by atoms with van der Waals surface area (Å²) in [6.45, 7) is 4.41. The predicted molar refractivity (Wildman–Crippen MR) is 93.0 cm³/mol. The van der Waals surface area contributed by atoms with Crippen LogP contribution in [0.4, 0.5) is 0 Å². The van der Waals surface area contributed by atoms with Crippen molar-refractivity contribution in [2.24, 2.45) is 0 Å². The van der Waals surface area contributed by atoms with Crippen molar-refractivity contribution in [3.8, 4) is 5.75 Å². The van der Waals surface area contributed by atoms with Crippen molar-refractivity contribution in [3.05, 3.63) is 30.3 Å². The highest BCUT2D eigenvalue weighted by Crippen LogP contribution is 2.08. The minimum absolute atomic E-state index is 0.00374. The Hall–Kier alpha value is -2.57. The summed E-state index contributed by atoms with van der Waals surface area (Å²) in [5.41, 5.74) is 0. The fourth-order valence-electron chi connectivity index (χ4n) is 2.60. The Bertz CT molecular complexity index is 583. The van der Waals surface area contributed by atoms with Crippen molar-refractivity contribution in [1.29, 1.82) is 0 Å². The topological polar surface area (TPSA) is 79.0 Å². The third-order valence-corrected chi connectivity index (χ3v) is 4.08. The molecule has 0 aromatic heterocycles. The van der Waals surface area contributed by atoms with Crippen LogP contribution in [-0.2, 0) is 14.4 Å². The molecule has 0 radical (unpaired) electrons. The first-order chi connectivity index (χ1) is 12.1. The molecule has 1 heterocycles. The van der Waals surface area contributed by atoms with E-state index in [4.69, 9.17) is 4.74 Å². The fourth-order valence-corrected chi connectivity index (χ4v) is 2.60. The number of nitrogens with one attached hydrogen (secondary N) is 1. The Labute approximate surface area is 147 Å². The number of benzene rings is 1. The molecule has 7 nitrogen and oxygen atoms in total. The van der Waals surface area contributed by atoms with E-state index < -0.39 is 0 Å². The van der Waals surface area contributed by atoms with Crippen molar-refractivity contribution in [3.63, 3.8) is 0 Å². The lowest BCUT2D eigenvalue weighted by Crippen LogP contribution is -2.50. The number of carbonyl (C=O) groups is 3. The van der Waals surface area contributed by atoms with Crippen LogP contribution in [0.15, 0.2) is 30.3 Å². The lowest BCUT2D eigenvalue weighted by atomic mass is 10.2. The van der Waals surface area contributed by atoms with Crippen molar-refractivity contribution < 1.29 is 19.1 Å². The molecule has 0 aliphatic carbocycles. The first kappa shape index (κ1) is 18.8. The van der Waals surface area contributed by atoms with Crippen molar-refractivity contribution in [2.75, 3.05) is 39.3 Å². The highest BCUT2D eigenvalue weighted by molar-refractivity contribution is 5.79. The van der Waals surface area contributed by atoms with Gasteiger partial charge in [-0.1, -0.05) is 18.2 Å². The number of rotatable bonds is 7. The summed E-state index contributed by atoms with van der Waals surface area (Å²) >= 11 is 0. The largest absolute Gasteiger partial charge is 0.493 e. The van der Waals surface area contributed by atoms with Gasteiger partial charge in [-0.2, -0.15) is 0 Å². The lowest BCUT2D eigenvalue weighted by Gasteiger charge is -2.34. The first-order valence-electron chi connectivity index (χ1n) is 8.54. The number of para-hydroxylation sites is 1. The number of nitrogens with zero attached hydrogens (tertiary/aromatic N) is 2. The Morgan fingerprint density at radius 3 is 2.28 bits per heavy atom. The van der Waals surface area contributed by atoms with Crippen LogP contribution >= 0.6 is 0 Å². The number of hydrogen-bond donors (Lipinski definition) is 1. The Kier molecular flexibility index (Phi) is 7.25. The zero-order valence-corrected chi connectivity index (χ0v) is 14.6. The SMILES string of the molecule is CC(=O)N1CCN(C(=O)CCNC(=O)CCOc2ccccc2)CC1. The van der Waals surface area contributed by atoms with E-state index in [2.05, 4.69) is 5.32 Å². The van der Waals surface area contributed by atoms with Crippen LogP contribution in [0.1, 0.15) is 19.8 Å². The quantitative estimate of drug-likeness (QED) is 0.786. The lowest BCUT2D eigenvalue weighted by molar-refractivity contribution is -0.138. The van der Waals surface area contributed by atoms with E-state index in [1.807, 2.05) is 30.3 Å². The molecule has 1 aliphatic heterocycles. The fraction of sp³-hybridized carbons (Fsp3) is 0.500. The van der Waals surface area contributed by atoms with E-state index >= 15 is 0 Å². The summed E-state index contributed by atoms with van der Waals surface area (Å²) < 4.78 is 5.46. The molecule has 1 aromatic carbocycles. The van der Waals surface area contributed by atoms with Crippen LogP contribution in [0.3, 0.4) is 0 Å². The summed E-state index contributed by atoms with van der Waals surface area (Å²) in [5, 5.41) is 2.73. The molecule has 25 heavy (non-hydrogen) atoms. The average molecular weight is 347 g/mol. The van der Waals surface area contributed by atoms with Crippen molar-refractivity contribution >= 4 is 17.7 Å². The maximum atomic E-state index is 12.1. The zero-order valence-electron chi connectivity index (χ0n) is 14.6. The molecule has 0 bridgehead atoms. The molecule has 1 aromatic rings. The van der Waals surface area contributed by atoms with Gasteiger partial charge in [-0.15, -0.1) is 0 Å². The molecular weight excluding hydrogens is 322 g/mol. The normalized spacial score (nSPS) is 14.1. The summed E-state index contributed by atoms with van der Waals surface area (Å²) in [4.78, 5) is 38.6. The summed E-state index contributed by atoms with van der Waals surface area (Å²) in [7, 11) is 0. The van der Waals surface area contributed by atoms with Gasteiger partial charge in [-0.3, -0.25) is 14.4 Å². The van der Waals surface area contributed by atoms with E-state index in [-0.39, 0.29) is 30.6 Å². The summed E-state index contributed by atoms with van der Waals surface area (Å²) in [5.74, 6) is 0.640. The van der Waals surface area contributed by atoms with Crippen LogP contribution < -0.4 is 10.1 Å². The van der Waals surface area contributed by atoms with Crippen LogP contribution in [0, 0.1) is 0 Å². The number of carbonyl (C=O) groups excluding carboxylic acids is 3. The van der Waals surface area contributed by atoms with E-state index in [0.29, 0.717) is 39.3 Å². The second kappa shape index (κ2) is 9.66. The molecule has 0 saturated carbocycles. The molecule has 1 N–H and O–H groups in total. The van der Waals surface area contributed by atoms with E-state index in [9.17, 15) is 14.4 Å². The number of hydrogen-bond acceptors (Lipinski definition) is 4. The van der Waals surface area contributed by atoms with Gasteiger partial charge in [-0.05, 0) is 12.1 Å². The highest BCUT2D eigenvalue weighted by Gasteiger charge is 2.21. The van der Waals surface area contributed by atoms with Crippen LogP contribution in [0.25, 0.3) is 0 Å². The van der Waals surface area contributed by atoms with Gasteiger partial charge < -0.3 is 19.9 Å². The standard InChI is InChI=1S/C18H25N3O4/c1-15(22)20-10-12-21(13-11-20)18(24)7-9-19-17(23)8-14-25-16-5-3-2-4-6-16/h2-6H,7-14H2,1H3,(H,19,23). The first-order valence-corrected chi connectivity index (χ1v) is 8.54. The van der Waals surface area contributed by atoms with Gasteiger partial charge in [0.2, 0.25) is 17.7 Å². The minimum atomic E-state index is -0.134. The Morgan fingerprint density at radius 1 is 1.00 bits per heavy atom. The number of piperazine rings is 1. The smallest absolute Gasteiger partial charge is 0.224 e. The van der Waals surface area contributed by atoms with Gasteiger partial charge >= 0.3 is 0 Å². The van der Waals surface area contributed by atoms with Crippen LogP contribution in [-0.4, -0.2) is 66.9 Å². The maximum absolute atomic E-state index is 12.1. The summed E-state index contributed by atoms with van der Waals surface area (Å²) in [6.07, 6.45) is 0.520. The molecule has 1 fully saturated rings. The number of ether oxygens (including phenoxy) is 1. The molecule has 7 heteroatoms. The second-order valence-electron chi connectivity index (χ2n) is 5.90. The zero-order chi connectivity index (χ0) is 18.1. The van der Waals surface area contributed by atoms with Gasteiger partial charge in [0, 0.05) is 46.1 Å². The Balaban J connectivity index is 1.56. The predicted octanol–water partition coefficient (Wildman–Crippen LogP) is 0.653. The minimum Gasteiger partial charge on any atom is -0.493 e. The molecule has 0 atom stereocenters. The molecule has 136 valence electrons. The highest BCUT2D eigenvalue weighted by atomic mass is 16.5. The van der Waals surface area contributed by atoms with Crippen LogP contribution in [0.2, 0.25) is 0 Å². The maximum Gasteiger partial charge on any atom is 0.224 e. The molecule has 2 rings (SSSR count). The summed E-state index contributed by atoms with van der Waals surface area (Å²) in [6, 6.07) is 9.32. The monoisotopic (exact) mass is 347 g/mol. The molecule has 3 amide bonds. The molecule has 1 saturated heterocycles. The van der Waals surface area contributed by atoms with Gasteiger partial charge in [0.25, 0.3) is 0 Å². The van der Waals surface area contributed by atoms with Crippen molar-refractivity contribution in [1.82, 2.24) is 15.1 Å². The van der Waals surface area contributed by atoms with Gasteiger partial charge in [0.1, 0.15) is 5.75 Å². The van der Waals surface area contributed by atoms with Crippen LogP contribution in [0.5, 0.6) is 5.75 Å². The molecule has 0 unspecified atom stereocenters. The van der Waals surface area contributed by atoms with E-state index in [0.717, 1.165) is 5.75 Å². The van der Waals surface area contributed by atoms with Crippen molar-refractivity contribution in [2.45, 2.75) is 19.8 Å². The number of amides is 3. The average Bonchev–Trinajstić information content (AvgIpc) is 2.62. The second-order valence-corrected chi connectivity index (χ2v) is 5.90. The Morgan fingerprint density at radius 2 is 1.64 bits per heavy atom. The van der Waals surface area contributed by atoms with E-state index in [1.54, 1.807) is 9.80 Å². The van der Waals surface area contributed by atoms with Gasteiger partial charge in [0.15, 0.2) is 0 Å². The third kappa shape index (κ3) is 6.45. The van der Waals surface area contributed by atoms with E-state index in [1.165, 1.54) is 6.92 Å². The molecule has 1 aliphatic rings. The van der Waals surface area contributed by atoms with Gasteiger partial charge in [-0.25, -0.2) is 0 Å². The third-order valence-electron chi connectivity index (χ3n) is 4.08.